The molecule has 0 spiro atoms. The van der Waals surface area contributed by atoms with Gasteiger partial charge in [-0.05, 0) is 10.9 Å². The summed E-state index contributed by atoms with van der Waals surface area (Å²) in [6.07, 6.45) is 0. The Morgan fingerprint density at radius 1 is 1.43 bits per heavy atom. The molecule has 1 aromatic carbocycles. The maximum Gasteiger partial charge on any atom is 0.317 e. The number of carbonyl (C=O) groups is 1. The maximum absolute atomic E-state index is 10.7. The van der Waals surface area contributed by atoms with Crippen molar-refractivity contribution in [3.8, 4) is 0 Å². The van der Waals surface area contributed by atoms with E-state index in [-0.39, 0.29) is 5.71 Å². The lowest BCUT2D eigenvalue weighted by Gasteiger charge is -2.07. The highest BCUT2D eigenvalue weighted by atomic mass is 32.1. The molecule has 4 heteroatoms. The number of nitrogens with one attached hydrogen (secondary N) is 1. The van der Waals surface area contributed by atoms with Crippen LogP contribution in [-0.4, -0.2) is 22.2 Å². The topological polar surface area (TPSA) is 61.2 Å². The van der Waals surface area contributed by atoms with Gasteiger partial charge in [-0.3, -0.25) is 4.79 Å². The van der Waals surface area contributed by atoms with Crippen molar-refractivity contribution in [2.45, 2.75) is 0 Å². The van der Waals surface area contributed by atoms with Crippen LogP contribution in [0.2, 0.25) is 0 Å². The van der Waals surface area contributed by atoms with Crippen LogP contribution in [0.3, 0.4) is 0 Å². The molecule has 1 atom stereocenters. The third kappa shape index (κ3) is 2.23. The highest BCUT2D eigenvalue weighted by Gasteiger charge is 2.20. The fraction of sp³-hybridized carbons (Fsp3) is 0.100. The van der Waals surface area contributed by atoms with Gasteiger partial charge in [0, 0.05) is 0 Å². The van der Waals surface area contributed by atoms with Crippen molar-refractivity contribution in [2.24, 2.45) is 5.92 Å². The van der Waals surface area contributed by atoms with Crippen molar-refractivity contribution in [3.05, 3.63) is 35.9 Å². The molecule has 0 saturated carbocycles. The Balaban J connectivity index is 2.95. The first-order valence-corrected chi connectivity index (χ1v) is 4.46. The third-order valence-electron chi connectivity index (χ3n) is 1.80. The summed E-state index contributed by atoms with van der Waals surface area (Å²) in [4.78, 5) is 10.7. The van der Waals surface area contributed by atoms with Gasteiger partial charge in [0.2, 0.25) is 0 Å². The Morgan fingerprint density at radius 2 is 2.00 bits per heavy atom. The minimum atomic E-state index is -1.09. The van der Waals surface area contributed by atoms with Crippen molar-refractivity contribution < 1.29 is 9.90 Å². The molecular weight excluding hydrogens is 198 g/mol. The highest BCUT2D eigenvalue weighted by Crippen LogP contribution is 2.07. The fourth-order valence-corrected chi connectivity index (χ4v) is 1.30. The smallest absolute Gasteiger partial charge is 0.317 e. The quantitative estimate of drug-likeness (QED) is 0.584. The largest absolute Gasteiger partial charge is 0.480 e. The Bertz CT molecular complexity index is 362. The van der Waals surface area contributed by atoms with Crippen LogP contribution in [0, 0.1) is 11.3 Å². The van der Waals surface area contributed by atoms with E-state index in [0.29, 0.717) is 5.56 Å². The first-order valence-electron chi connectivity index (χ1n) is 3.98. The van der Waals surface area contributed by atoms with Crippen LogP contribution >= 0.6 is 12.2 Å². The van der Waals surface area contributed by atoms with Gasteiger partial charge in [0.25, 0.3) is 0 Å². The second kappa shape index (κ2) is 4.62. The molecule has 1 unspecified atom stereocenters. The molecule has 2 N–H and O–H groups in total. The van der Waals surface area contributed by atoms with E-state index in [9.17, 15) is 4.79 Å². The lowest BCUT2D eigenvalue weighted by Crippen LogP contribution is -2.24. The average molecular weight is 207 g/mol. The third-order valence-corrected chi connectivity index (χ3v) is 2.07. The van der Waals surface area contributed by atoms with Gasteiger partial charge >= 0.3 is 5.97 Å². The zero-order valence-electron chi connectivity index (χ0n) is 7.31. The number of aliphatic carboxylic acids is 1. The van der Waals surface area contributed by atoms with E-state index in [0.717, 1.165) is 5.37 Å². The van der Waals surface area contributed by atoms with E-state index in [4.69, 9.17) is 10.5 Å². The van der Waals surface area contributed by atoms with E-state index in [2.05, 4.69) is 12.2 Å². The molecule has 1 rings (SSSR count). The summed E-state index contributed by atoms with van der Waals surface area (Å²) in [5, 5.41) is 17.5. The average Bonchev–Trinajstić information content (AvgIpc) is 2.19. The molecular formula is C10H9NO2S. The number of carboxylic acid groups (broad SMARTS) is 1. The maximum atomic E-state index is 10.7. The summed E-state index contributed by atoms with van der Waals surface area (Å²) in [6.45, 7) is 0. The number of hydrogen-bond acceptors (Lipinski definition) is 3. The SMILES string of the molecule is N=C(c1ccccc1)C(C=S)C(=O)O. The summed E-state index contributed by atoms with van der Waals surface area (Å²) in [5.41, 5.74) is 0.606. The highest BCUT2D eigenvalue weighted by molar-refractivity contribution is 7.79. The van der Waals surface area contributed by atoms with Gasteiger partial charge in [-0.1, -0.05) is 42.5 Å². The standard InChI is InChI=1S/C10H9NO2S/c11-9(8(6-14)10(12)13)7-4-2-1-3-5-7/h1-6,8,11H,(H,12,13). The molecule has 0 aliphatic heterocycles. The van der Waals surface area contributed by atoms with Crippen LogP contribution in [0.15, 0.2) is 30.3 Å². The van der Waals surface area contributed by atoms with E-state index in [1.54, 1.807) is 24.3 Å². The Morgan fingerprint density at radius 3 is 2.43 bits per heavy atom. The first kappa shape index (κ1) is 10.5. The van der Waals surface area contributed by atoms with Gasteiger partial charge in [0.15, 0.2) is 0 Å². The van der Waals surface area contributed by atoms with Crippen LogP contribution in [0.5, 0.6) is 0 Å². The lowest BCUT2D eigenvalue weighted by molar-refractivity contribution is -0.137. The molecule has 3 nitrogen and oxygen atoms in total. The van der Waals surface area contributed by atoms with E-state index < -0.39 is 11.9 Å². The minimum absolute atomic E-state index is 0.0214. The van der Waals surface area contributed by atoms with Crippen LogP contribution in [0.1, 0.15) is 5.56 Å². The van der Waals surface area contributed by atoms with Gasteiger partial charge in [-0.25, -0.2) is 0 Å². The fourth-order valence-electron chi connectivity index (χ4n) is 1.05. The zero-order chi connectivity index (χ0) is 10.6. The summed E-state index contributed by atoms with van der Waals surface area (Å²) in [6, 6.07) is 8.70. The Labute approximate surface area is 86.9 Å². The molecule has 0 saturated heterocycles. The summed E-state index contributed by atoms with van der Waals surface area (Å²) in [5.74, 6) is -2.10. The van der Waals surface area contributed by atoms with Crippen molar-refractivity contribution in [1.29, 1.82) is 5.41 Å². The molecule has 0 radical (unpaired) electrons. The molecule has 1 aromatic rings. The van der Waals surface area contributed by atoms with Gasteiger partial charge in [-0.15, -0.1) is 0 Å². The van der Waals surface area contributed by atoms with E-state index in [1.165, 1.54) is 0 Å². The lowest BCUT2D eigenvalue weighted by atomic mass is 9.99. The van der Waals surface area contributed by atoms with Gasteiger partial charge in [0.1, 0.15) is 5.92 Å². The molecule has 14 heavy (non-hydrogen) atoms. The molecule has 0 bridgehead atoms. The monoisotopic (exact) mass is 207 g/mol. The number of rotatable bonds is 4. The van der Waals surface area contributed by atoms with Crippen molar-refractivity contribution in [2.75, 3.05) is 0 Å². The van der Waals surface area contributed by atoms with Crippen molar-refractivity contribution in [1.82, 2.24) is 0 Å². The molecule has 0 aliphatic rings. The van der Waals surface area contributed by atoms with E-state index in [1.807, 2.05) is 6.07 Å². The van der Waals surface area contributed by atoms with E-state index >= 15 is 0 Å². The second-order valence-electron chi connectivity index (χ2n) is 2.73. The predicted molar refractivity (Wildman–Crippen MR) is 58.1 cm³/mol. The Kier molecular flexibility index (Phi) is 3.48. The number of thiocarbonyl (C=S) groups is 1. The van der Waals surface area contributed by atoms with Gasteiger partial charge in [0.05, 0.1) is 5.71 Å². The van der Waals surface area contributed by atoms with Crippen LogP contribution < -0.4 is 0 Å². The van der Waals surface area contributed by atoms with Crippen LogP contribution in [-0.2, 0) is 4.79 Å². The van der Waals surface area contributed by atoms with Gasteiger partial charge in [-0.2, -0.15) is 0 Å². The molecule has 0 heterocycles. The number of benzene rings is 1. The Hall–Kier alpha value is -1.55. The van der Waals surface area contributed by atoms with Crippen LogP contribution in [0.4, 0.5) is 0 Å². The second-order valence-corrected chi connectivity index (χ2v) is 3.00. The van der Waals surface area contributed by atoms with Crippen molar-refractivity contribution in [3.63, 3.8) is 0 Å². The van der Waals surface area contributed by atoms with Crippen molar-refractivity contribution >= 4 is 29.3 Å². The predicted octanol–water partition coefficient (Wildman–Crippen LogP) is 1.75. The minimum Gasteiger partial charge on any atom is -0.480 e. The zero-order valence-corrected chi connectivity index (χ0v) is 8.12. The van der Waals surface area contributed by atoms with Gasteiger partial charge < -0.3 is 10.5 Å². The number of hydrogen-bond donors (Lipinski definition) is 2. The summed E-state index contributed by atoms with van der Waals surface area (Å²) >= 11 is 4.58. The normalized spacial score (nSPS) is 11.7. The molecule has 72 valence electrons. The molecule has 0 amide bonds. The summed E-state index contributed by atoms with van der Waals surface area (Å²) in [7, 11) is 0. The first-order chi connectivity index (χ1) is 6.66. The molecule has 0 fully saturated rings. The molecule has 0 aliphatic carbocycles. The number of carboxylic acids is 1. The van der Waals surface area contributed by atoms with Crippen LogP contribution in [0.25, 0.3) is 0 Å². The summed E-state index contributed by atoms with van der Waals surface area (Å²) < 4.78 is 0. The molecule has 0 aromatic heterocycles.